The van der Waals surface area contributed by atoms with Crippen molar-refractivity contribution in [3.05, 3.63) is 0 Å². The molecule has 21 heavy (non-hydrogen) atoms. The van der Waals surface area contributed by atoms with Gasteiger partial charge in [0.1, 0.15) is 0 Å². The maximum absolute atomic E-state index is 11.7. The zero-order valence-electron chi connectivity index (χ0n) is 14.1. The molecule has 1 N–H and O–H groups in total. The number of ether oxygens (including phenoxy) is 1. The van der Waals surface area contributed by atoms with Crippen molar-refractivity contribution < 1.29 is 13.2 Å². The molecule has 3 atom stereocenters. The lowest BCUT2D eigenvalue weighted by atomic mass is 9.78. The van der Waals surface area contributed by atoms with Crippen LogP contribution in [0.1, 0.15) is 53.9 Å². The molecule has 2 rings (SSSR count). The second-order valence-corrected chi connectivity index (χ2v) is 10.2. The average molecular weight is 317 g/mol. The van der Waals surface area contributed by atoms with Gasteiger partial charge in [-0.25, -0.2) is 8.42 Å². The summed E-state index contributed by atoms with van der Waals surface area (Å²) in [7, 11) is -2.79. The topological polar surface area (TPSA) is 55.4 Å². The summed E-state index contributed by atoms with van der Waals surface area (Å²) in [6.45, 7) is 11.7. The molecule has 0 spiro atoms. The predicted octanol–water partition coefficient (Wildman–Crippen LogP) is 2.38. The van der Waals surface area contributed by atoms with E-state index in [1.54, 1.807) is 0 Å². The highest BCUT2D eigenvalue weighted by Crippen LogP contribution is 2.45. The molecule has 2 aliphatic rings. The van der Waals surface area contributed by atoms with E-state index in [0.717, 1.165) is 25.8 Å². The van der Waals surface area contributed by atoms with Crippen LogP contribution in [-0.4, -0.2) is 43.7 Å². The Hall–Kier alpha value is -0.130. The van der Waals surface area contributed by atoms with Crippen LogP contribution in [0.4, 0.5) is 0 Å². The first-order valence-electron chi connectivity index (χ1n) is 8.19. The lowest BCUT2D eigenvalue weighted by Crippen LogP contribution is -2.45. The monoisotopic (exact) mass is 317 g/mol. The summed E-state index contributed by atoms with van der Waals surface area (Å²) in [5, 5.41) is 3.60. The average Bonchev–Trinajstić information content (AvgIpc) is 2.74. The van der Waals surface area contributed by atoms with E-state index in [1.165, 1.54) is 0 Å². The van der Waals surface area contributed by atoms with Gasteiger partial charge in [0.15, 0.2) is 9.84 Å². The summed E-state index contributed by atoms with van der Waals surface area (Å²) in [5.74, 6) is 1.47. The van der Waals surface area contributed by atoms with Gasteiger partial charge in [0.05, 0.1) is 22.7 Å². The minimum atomic E-state index is -2.79. The normalized spacial score (nSPS) is 34.9. The Balaban J connectivity index is 2.09. The molecule has 3 unspecified atom stereocenters. The molecule has 5 heteroatoms. The molecule has 0 bridgehead atoms. The van der Waals surface area contributed by atoms with E-state index in [1.807, 2.05) is 0 Å². The molecule has 0 aromatic heterocycles. The molecule has 0 aromatic carbocycles. The first-order valence-corrected chi connectivity index (χ1v) is 10.0. The van der Waals surface area contributed by atoms with Gasteiger partial charge in [-0.1, -0.05) is 6.92 Å². The Bertz CT molecular complexity index is 470. The summed E-state index contributed by atoms with van der Waals surface area (Å²) >= 11 is 0. The first-order chi connectivity index (χ1) is 9.55. The lowest BCUT2D eigenvalue weighted by molar-refractivity contribution is -0.0781. The van der Waals surface area contributed by atoms with Crippen molar-refractivity contribution in [2.24, 2.45) is 11.8 Å². The van der Waals surface area contributed by atoms with Gasteiger partial charge < -0.3 is 10.1 Å². The third kappa shape index (κ3) is 4.20. The van der Waals surface area contributed by atoms with Crippen LogP contribution in [0.25, 0.3) is 0 Å². The van der Waals surface area contributed by atoms with E-state index in [-0.39, 0.29) is 11.2 Å². The summed E-state index contributed by atoms with van der Waals surface area (Å²) in [6, 6.07) is 0.338. The minimum Gasteiger partial charge on any atom is -0.369 e. The Morgan fingerprint density at radius 1 is 1.29 bits per heavy atom. The Labute approximate surface area is 129 Å². The quantitative estimate of drug-likeness (QED) is 0.846. The van der Waals surface area contributed by atoms with Crippen molar-refractivity contribution in [1.82, 2.24) is 5.32 Å². The highest BCUT2D eigenvalue weighted by Gasteiger charge is 2.49. The molecule has 2 heterocycles. The Morgan fingerprint density at radius 3 is 2.38 bits per heavy atom. The van der Waals surface area contributed by atoms with E-state index in [0.29, 0.717) is 29.4 Å². The lowest BCUT2D eigenvalue weighted by Gasteiger charge is -2.34. The van der Waals surface area contributed by atoms with Crippen LogP contribution in [0.5, 0.6) is 0 Å². The number of hydrogen-bond acceptors (Lipinski definition) is 4. The van der Waals surface area contributed by atoms with Crippen molar-refractivity contribution in [1.29, 1.82) is 0 Å². The van der Waals surface area contributed by atoms with Gasteiger partial charge in [-0.15, -0.1) is 0 Å². The maximum Gasteiger partial charge on any atom is 0.150 e. The molecule has 0 radical (unpaired) electrons. The fourth-order valence-corrected chi connectivity index (χ4v) is 6.18. The predicted molar refractivity (Wildman–Crippen MR) is 86.2 cm³/mol. The minimum absolute atomic E-state index is 0.0937. The van der Waals surface area contributed by atoms with Crippen molar-refractivity contribution in [3.8, 4) is 0 Å². The first kappa shape index (κ1) is 17.2. The molecule has 2 aliphatic heterocycles. The van der Waals surface area contributed by atoms with Gasteiger partial charge >= 0.3 is 0 Å². The van der Waals surface area contributed by atoms with Crippen LogP contribution in [0.2, 0.25) is 0 Å². The van der Waals surface area contributed by atoms with Gasteiger partial charge in [0, 0.05) is 12.0 Å². The molecule has 124 valence electrons. The maximum atomic E-state index is 11.7. The third-order valence-electron chi connectivity index (χ3n) is 5.01. The molecule has 0 aromatic rings. The zero-order chi connectivity index (χ0) is 15.9. The highest BCUT2D eigenvalue weighted by molar-refractivity contribution is 7.91. The largest absolute Gasteiger partial charge is 0.369 e. The fourth-order valence-electron chi connectivity index (χ4n) is 4.30. The van der Waals surface area contributed by atoms with E-state index in [2.05, 4.69) is 39.9 Å². The number of hydrogen-bond donors (Lipinski definition) is 1. The van der Waals surface area contributed by atoms with Gasteiger partial charge in [0.2, 0.25) is 0 Å². The van der Waals surface area contributed by atoms with Crippen LogP contribution in [0.15, 0.2) is 0 Å². The fraction of sp³-hybridized carbons (Fsp3) is 1.00. The van der Waals surface area contributed by atoms with Crippen molar-refractivity contribution in [2.75, 3.05) is 18.1 Å². The smallest absolute Gasteiger partial charge is 0.150 e. The molecule has 2 fully saturated rings. The van der Waals surface area contributed by atoms with Crippen LogP contribution < -0.4 is 5.32 Å². The van der Waals surface area contributed by atoms with Crippen molar-refractivity contribution in [3.63, 3.8) is 0 Å². The summed E-state index contributed by atoms with van der Waals surface area (Å²) in [5.41, 5.74) is -0.253. The highest BCUT2D eigenvalue weighted by atomic mass is 32.2. The van der Waals surface area contributed by atoms with Crippen LogP contribution in [0, 0.1) is 11.8 Å². The second kappa shape index (κ2) is 5.82. The van der Waals surface area contributed by atoms with Crippen LogP contribution in [0.3, 0.4) is 0 Å². The van der Waals surface area contributed by atoms with Gasteiger partial charge in [-0.05, 0) is 59.4 Å². The van der Waals surface area contributed by atoms with E-state index in [9.17, 15) is 8.42 Å². The Kier molecular flexibility index (Phi) is 4.77. The number of sulfone groups is 1. The van der Waals surface area contributed by atoms with Crippen LogP contribution >= 0.6 is 0 Å². The van der Waals surface area contributed by atoms with Crippen molar-refractivity contribution >= 4 is 9.84 Å². The third-order valence-corrected chi connectivity index (χ3v) is 6.85. The molecule has 0 saturated carbocycles. The Morgan fingerprint density at radius 2 is 1.95 bits per heavy atom. The van der Waals surface area contributed by atoms with Gasteiger partial charge in [0.25, 0.3) is 0 Å². The second-order valence-electron chi connectivity index (χ2n) is 7.94. The molecule has 0 aliphatic carbocycles. The molecular weight excluding hydrogens is 286 g/mol. The van der Waals surface area contributed by atoms with Gasteiger partial charge in [-0.3, -0.25) is 0 Å². The number of nitrogens with one attached hydrogen (secondary N) is 1. The van der Waals surface area contributed by atoms with E-state index in [4.69, 9.17) is 4.74 Å². The molecule has 4 nitrogen and oxygen atoms in total. The summed E-state index contributed by atoms with van der Waals surface area (Å²) < 4.78 is 29.6. The standard InChI is InChI=1S/C16H31NO3S/c1-6-17-14(9-12-7-8-21(18,19)11-12)13-10-15(2,3)20-16(13,4)5/h12-14,17H,6-11H2,1-5H3. The van der Waals surface area contributed by atoms with Crippen LogP contribution in [-0.2, 0) is 14.6 Å². The molecule has 0 amide bonds. The van der Waals surface area contributed by atoms with Crippen molar-refractivity contribution in [2.45, 2.75) is 71.1 Å². The molecular formula is C16H31NO3S. The van der Waals surface area contributed by atoms with E-state index < -0.39 is 9.84 Å². The number of rotatable bonds is 5. The zero-order valence-corrected chi connectivity index (χ0v) is 14.9. The van der Waals surface area contributed by atoms with E-state index >= 15 is 0 Å². The summed E-state index contributed by atoms with van der Waals surface area (Å²) in [6.07, 6.45) is 2.79. The summed E-state index contributed by atoms with van der Waals surface area (Å²) in [4.78, 5) is 0. The molecule has 2 saturated heterocycles. The SMILES string of the molecule is CCNC(CC1CCS(=O)(=O)C1)C1CC(C)(C)OC1(C)C. The van der Waals surface area contributed by atoms with Gasteiger partial charge in [-0.2, -0.15) is 0 Å².